The predicted molar refractivity (Wildman–Crippen MR) is 75.8 cm³/mol. The van der Waals surface area contributed by atoms with Gasteiger partial charge < -0.3 is 5.73 Å². The van der Waals surface area contributed by atoms with Gasteiger partial charge in [-0.2, -0.15) is 0 Å². The molecule has 2 aromatic heterocycles. The zero-order valence-electron chi connectivity index (χ0n) is 9.43. The Hall–Kier alpha value is -1.49. The second kappa shape index (κ2) is 4.65. The maximum atomic E-state index is 5.96. The summed E-state index contributed by atoms with van der Waals surface area (Å²) in [5, 5.41) is 3.29. The first kappa shape index (κ1) is 11.6. The lowest BCUT2D eigenvalue weighted by Gasteiger charge is -2.05. The number of hydrogen-bond donors (Lipinski definition) is 1. The molecule has 0 spiro atoms. The number of halogens is 1. The van der Waals surface area contributed by atoms with Gasteiger partial charge in [-0.25, -0.2) is 9.97 Å². The molecule has 5 heteroatoms. The highest BCUT2D eigenvalue weighted by atomic mass is 35.5. The van der Waals surface area contributed by atoms with Gasteiger partial charge in [-0.3, -0.25) is 0 Å². The molecule has 0 unspecified atom stereocenters. The van der Waals surface area contributed by atoms with Gasteiger partial charge in [0, 0.05) is 17.5 Å². The molecule has 2 N–H and O–H groups in total. The number of nitrogens with zero attached hydrogens (tertiary/aromatic N) is 2. The number of hydrogen-bond acceptors (Lipinski definition) is 4. The van der Waals surface area contributed by atoms with Crippen LogP contribution < -0.4 is 5.73 Å². The molecule has 3 rings (SSSR count). The van der Waals surface area contributed by atoms with Crippen molar-refractivity contribution in [3.05, 3.63) is 46.6 Å². The van der Waals surface area contributed by atoms with Crippen LogP contribution in [0.25, 0.3) is 21.5 Å². The Kier molecular flexibility index (Phi) is 2.99. The Morgan fingerprint density at radius 3 is 2.94 bits per heavy atom. The molecule has 1 aromatic carbocycles. The Bertz CT molecular complexity index is 708. The van der Waals surface area contributed by atoms with E-state index in [9.17, 15) is 0 Å². The van der Waals surface area contributed by atoms with Gasteiger partial charge in [0.05, 0.1) is 5.69 Å². The molecule has 0 fully saturated rings. The fourth-order valence-corrected chi connectivity index (χ4v) is 2.88. The molecule has 0 saturated carbocycles. The molecule has 3 aromatic rings. The highest BCUT2D eigenvalue weighted by molar-refractivity contribution is 7.16. The van der Waals surface area contributed by atoms with Crippen molar-refractivity contribution in [1.82, 2.24) is 9.97 Å². The predicted octanol–water partition coefficient (Wildman–Crippen LogP) is 3.47. The molecule has 0 bridgehead atoms. The van der Waals surface area contributed by atoms with E-state index in [2.05, 4.69) is 9.97 Å². The smallest absolute Gasteiger partial charge is 0.224 e. The van der Waals surface area contributed by atoms with Gasteiger partial charge in [-0.1, -0.05) is 18.2 Å². The summed E-state index contributed by atoms with van der Waals surface area (Å²) in [5.74, 6) is 0. The van der Waals surface area contributed by atoms with E-state index >= 15 is 0 Å². The number of nitrogens with two attached hydrogens (primary N) is 1. The van der Waals surface area contributed by atoms with Gasteiger partial charge in [-0.15, -0.1) is 11.3 Å². The van der Waals surface area contributed by atoms with E-state index in [4.69, 9.17) is 17.3 Å². The molecular weight excluding hydrogens is 266 g/mol. The highest BCUT2D eigenvalue weighted by Crippen LogP contribution is 2.30. The van der Waals surface area contributed by atoms with Gasteiger partial charge >= 0.3 is 0 Å². The van der Waals surface area contributed by atoms with Gasteiger partial charge in [0.1, 0.15) is 4.83 Å². The monoisotopic (exact) mass is 275 g/mol. The molecule has 0 atom stereocenters. The number of aromatic nitrogens is 2. The minimum absolute atomic E-state index is 0.276. The van der Waals surface area contributed by atoms with Crippen molar-refractivity contribution in [2.45, 2.75) is 6.54 Å². The summed E-state index contributed by atoms with van der Waals surface area (Å²) in [4.78, 5) is 9.46. The maximum absolute atomic E-state index is 5.96. The molecular formula is C13H10ClN3S. The largest absolute Gasteiger partial charge is 0.326 e. The molecule has 18 heavy (non-hydrogen) atoms. The van der Waals surface area contributed by atoms with E-state index in [1.165, 1.54) is 0 Å². The molecule has 0 amide bonds. The topological polar surface area (TPSA) is 51.8 Å². The Morgan fingerprint density at radius 1 is 1.22 bits per heavy atom. The molecule has 0 aliphatic carbocycles. The van der Waals surface area contributed by atoms with E-state index in [-0.39, 0.29) is 5.28 Å². The van der Waals surface area contributed by atoms with Crippen LogP contribution in [0.15, 0.2) is 35.7 Å². The lowest BCUT2D eigenvalue weighted by Crippen LogP contribution is -1.96. The van der Waals surface area contributed by atoms with Crippen LogP contribution in [0.4, 0.5) is 0 Å². The first-order chi connectivity index (χ1) is 8.78. The standard InChI is InChI=1S/C13H10ClN3S/c14-13-16-11(10-4-5-18-12(10)17-13)9-3-1-2-8(6-9)7-15/h1-6H,7,15H2. The van der Waals surface area contributed by atoms with Crippen LogP contribution in [0.1, 0.15) is 5.56 Å². The number of fused-ring (bicyclic) bond motifs is 1. The second-order valence-electron chi connectivity index (χ2n) is 3.89. The van der Waals surface area contributed by atoms with Gasteiger partial charge in [0.2, 0.25) is 5.28 Å². The van der Waals surface area contributed by atoms with E-state index in [1.807, 2.05) is 35.7 Å². The summed E-state index contributed by atoms with van der Waals surface area (Å²) in [7, 11) is 0. The third-order valence-corrected chi connectivity index (χ3v) is 3.71. The average molecular weight is 276 g/mol. The second-order valence-corrected chi connectivity index (χ2v) is 5.12. The third kappa shape index (κ3) is 1.99. The minimum Gasteiger partial charge on any atom is -0.326 e. The summed E-state index contributed by atoms with van der Waals surface area (Å²) in [6.45, 7) is 0.513. The SMILES string of the molecule is NCc1cccc(-c2nc(Cl)nc3sccc23)c1. The molecule has 0 aliphatic rings. The van der Waals surface area contributed by atoms with Crippen molar-refractivity contribution in [2.75, 3.05) is 0 Å². The van der Waals surface area contributed by atoms with Gasteiger partial charge in [0.25, 0.3) is 0 Å². The fraction of sp³-hybridized carbons (Fsp3) is 0.0769. The van der Waals surface area contributed by atoms with E-state index in [0.717, 1.165) is 27.0 Å². The van der Waals surface area contributed by atoms with E-state index in [1.54, 1.807) is 11.3 Å². The first-order valence-electron chi connectivity index (χ1n) is 5.48. The van der Waals surface area contributed by atoms with Crippen LogP contribution in [0, 0.1) is 0 Å². The summed E-state index contributed by atoms with van der Waals surface area (Å²) < 4.78 is 0. The van der Waals surface area contributed by atoms with Crippen molar-refractivity contribution in [3.8, 4) is 11.3 Å². The van der Waals surface area contributed by atoms with Crippen LogP contribution in [-0.2, 0) is 6.54 Å². The fourth-order valence-electron chi connectivity index (χ4n) is 1.90. The van der Waals surface area contributed by atoms with Crippen LogP contribution in [0.5, 0.6) is 0 Å². The quantitative estimate of drug-likeness (QED) is 0.729. The number of rotatable bonds is 2. The molecule has 2 heterocycles. The zero-order valence-corrected chi connectivity index (χ0v) is 11.0. The van der Waals surface area contributed by atoms with Crippen LogP contribution >= 0.6 is 22.9 Å². The van der Waals surface area contributed by atoms with Crippen molar-refractivity contribution in [2.24, 2.45) is 5.73 Å². The Labute approximate surface area is 113 Å². The normalized spacial score (nSPS) is 11.0. The minimum atomic E-state index is 0.276. The summed E-state index contributed by atoms with van der Waals surface area (Å²) >= 11 is 7.52. The third-order valence-electron chi connectivity index (χ3n) is 2.73. The molecule has 90 valence electrons. The highest BCUT2D eigenvalue weighted by Gasteiger charge is 2.10. The van der Waals surface area contributed by atoms with Crippen molar-refractivity contribution >= 4 is 33.2 Å². The van der Waals surface area contributed by atoms with Crippen molar-refractivity contribution < 1.29 is 0 Å². The first-order valence-corrected chi connectivity index (χ1v) is 6.74. The average Bonchev–Trinajstić information content (AvgIpc) is 2.85. The van der Waals surface area contributed by atoms with Crippen LogP contribution in [0.2, 0.25) is 5.28 Å². The summed E-state index contributed by atoms with van der Waals surface area (Å²) in [5.41, 5.74) is 8.62. The number of thiophene rings is 1. The zero-order chi connectivity index (χ0) is 12.5. The summed E-state index contributed by atoms with van der Waals surface area (Å²) in [6.07, 6.45) is 0. The number of benzene rings is 1. The summed E-state index contributed by atoms with van der Waals surface area (Å²) in [6, 6.07) is 10.0. The van der Waals surface area contributed by atoms with Crippen LogP contribution in [0.3, 0.4) is 0 Å². The molecule has 0 radical (unpaired) electrons. The molecule has 3 nitrogen and oxygen atoms in total. The molecule has 0 saturated heterocycles. The van der Waals surface area contributed by atoms with Crippen molar-refractivity contribution in [1.29, 1.82) is 0 Å². The van der Waals surface area contributed by atoms with Crippen molar-refractivity contribution in [3.63, 3.8) is 0 Å². The van der Waals surface area contributed by atoms with Gasteiger partial charge in [0.15, 0.2) is 0 Å². The van der Waals surface area contributed by atoms with Gasteiger partial charge in [-0.05, 0) is 34.7 Å². The van der Waals surface area contributed by atoms with Crippen LogP contribution in [-0.4, -0.2) is 9.97 Å². The lowest BCUT2D eigenvalue weighted by molar-refractivity contribution is 1.07. The van der Waals surface area contributed by atoms with E-state index < -0.39 is 0 Å². The maximum Gasteiger partial charge on any atom is 0.224 e. The lowest BCUT2D eigenvalue weighted by atomic mass is 10.1. The molecule has 0 aliphatic heterocycles. The Balaban J connectivity index is 2.26. The van der Waals surface area contributed by atoms with E-state index in [0.29, 0.717) is 6.54 Å². The Morgan fingerprint density at radius 2 is 2.11 bits per heavy atom.